The molecule has 1 aromatic carbocycles. The lowest BCUT2D eigenvalue weighted by Gasteiger charge is -2.36. The lowest BCUT2D eigenvalue weighted by atomic mass is 10.1. The quantitative estimate of drug-likeness (QED) is 0.874. The van der Waals surface area contributed by atoms with E-state index in [1.165, 1.54) is 18.5 Å². The van der Waals surface area contributed by atoms with Gasteiger partial charge in [0, 0.05) is 36.6 Å². The zero-order valence-electron chi connectivity index (χ0n) is 16.4. The Morgan fingerprint density at radius 3 is 2.92 bits per heavy atom. The molecule has 0 unspecified atom stereocenters. The fourth-order valence-electron chi connectivity index (χ4n) is 3.70. The van der Waals surface area contributed by atoms with E-state index in [0.29, 0.717) is 6.67 Å². The number of hydrogen-bond acceptors (Lipinski definition) is 5. The molecular weight excluding hydrogens is 324 g/mol. The number of piperidine rings is 1. The van der Waals surface area contributed by atoms with Crippen molar-refractivity contribution in [1.29, 1.82) is 0 Å². The minimum absolute atomic E-state index is 0.262. The predicted octanol–water partition coefficient (Wildman–Crippen LogP) is 3.68. The van der Waals surface area contributed by atoms with Gasteiger partial charge in [-0.3, -0.25) is 0 Å². The molecule has 5 nitrogen and oxygen atoms in total. The average molecular weight is 357 g/mol. The van der Waals surface area contributed by atoms with Crippen LogP contribution in [0.1, 0.15) is 44.6 Å². The number of ether oxygens (including phenoxy) is 1. The number of amidine groups is 1. The van der Waals surface area contributed by atoms with Crippen LogP contribution in [0.5, 0.6) is 5.75 Å². The minimum Gasteiger partial charge on any atom is -0.496 e. The molecule has 2 heterocycles. The third kappa shape index (κ3) is 4.21. The van der Waals surface area contributed by atoms with Crippen molar-refractivity contribution in [3.8, 4) is 5.75 Å². The number of unbranched alkanes of at least 4 members (excludes halogenated alkanes) is 1. The molecule has 0 saturated carbocycles. The number of aliphatic imine (C=N–C) groups is 1. The first-order valence-corrected chi connectivity index (χ1v) is 9.80. The molecule has 1 saturated heterocycles. The molecule has 26 heavy (non-hydrogen) atoms. The van der Waals surface area contributed by atoms with Crippen molar-refractivity contribution in [2.24, 2.45) is 10.7 Å². The number of hydrogen-bond donors (Lipinski definition) is 1. The summed E-state index contributed by atoms with van der Waals surface area (Å²) in [7, 11) is 1.73. The Morgan fingerprint density at radius 2 is 2.19 bits per heavy atom. The molecule has 0 aromatic heterocycles. The van der Waals surface area contributed by atoms with Gasteiger partial charge in [0.2, 0.25) is 0 Å². The summed E-state index contributed by atoms with van der Waals surface area (Å²) in [5.41, 5.74) is 9.80. The van der Waals surface area contributed by atoms with Crippen LogP contribution in [0.3, 0.4) is 0 Å². The summed E-state index contributed by atoms with van der Waals surface area (Å²) in [4.78, 5) is 9.54. The Morgan fingerprint density at radius 1 is 1.35 bits per heavy atom. The molecule has 1 fully saturated rings. The maximum Gasteiger partial charge on any atom is 0.127 e. The van der Waals surface area contributed by atoms with Crippen LogP contribution in [-0.4, -0.2) is 43.6 Å². The van der Waals surface area contributed by atoms with Crippen LogP contribution < -0.4 is 15.4 Å². The molecular formula is C21H32N4O. The number of likely N-dealkylation sites (tertiary alicyclic amines) is 1. The Kier molecular flexibility index (Phi) is 6.20. The van der Waals surface area contributed by atoms with E-state index in [9.17, 15) is 0 Å². The fourth-order valence-corrected chi connectivity index (χ4v) is 3.70. The van der Waals surface area contributed by atoms with Crippen molar-refractivity contribution in [2.45, 2.75) is 52.0 Å². The third-order valence-electron chi connectivity index (χ3n) is 5.29. The van der Waals surface area contributed by atoms with E-state index in [0.717, 1.165) is 55.2 Å². The van der Waals surface area contributed by atoms with E-state index >= 15 is 0 Å². The lowest BCUT2D eigenvalue weighted by molar-refractivity contribution is 0.309. The number of anilines is 1. The molecule has 0 amide bonds. The Balaban J connectivity index is 1.84. The first-order valence-electron chi connectivity index (χ1n) is 9.80. The molecule has 0 aliphatic carbocycles. The van der Waals surface area contributed by atoms with Gasteiger partial charge >= 0.3 is 0 Å². The highest BCUT2D eigenvalue weighted by Gasteiger charge is 2.23. The number of benzene rings is 1. The second kappa shape index (κ2) is 8.58. The zero-order chi connectivity index (χ0) is 18.5. The molecule has 3 rings (SSSR count). The third-order valence-corrected chi connectivity index (χ3v) is 5.29. The maximum atomic E-state index is 6.17. The van der Waals surface area contributed by atoms with Gasteiger partial charge in [0.05, 0.1) is 7.11 Å². The second-order valence-corrected chi connectivity index (χ2v) is 7.33. The van der Waals surface area contributed by atoms with Crippen LogP contribution in [-0.2, 0) is 0 Å². The summed E-state index contributed by atoms with van der Waals surface area (Å²) in [6.07, 6.45) is 7.96. The highest BCUT2D eigenvalue weighted by atomic mass is 16.5. The normalized spacial score (nSPS) is 20.7. The topological polar surface area (TPSA) is 54.1 Å². The second-order valence-electron chi connectivity index (χ2n) is 7.33. The van der Waals surface area contributed by atoms with Crippen molar-refractivity contribution in [3.63, 3.8) is 0 Å². The van der Waals surface area contributed by atoms with Gasteiger partial charge < -0.3 is 20.3 Å². The minimum atomic E-state index is 0.262. The van der Waals surface area contributed by atoms with Crippen molar-refractivity contribution in [1.82, 2.24) is 4.90 Å². The number of rotatable bonds is 5. The van der Waals surface area contributed by atoms with Crippen molar-refractivity contribution < 1.29 is 4.74 Å². The molecule has 142 valence electrons. The van der Waals surface area contributed by atoms with Gasteiger partial charge in [0.1, 0.15) is 18.3 Å². The molecule has 0 radical (unpaired) electrons. The standard InChI is InChI=1S/C21H32N4O/c1-4-5-8-18-13-21(24-11-6-7-17(22)14-24)23-15-25(18)19-10-9-16(2)20(12-19)26-3/h9-10,12-13,17H,4-8,11,14-15,22H2,1-3H3/t17-/m1/s1. The van der Waals surface area contributed by atoms with Gasteiger partial charge in [-0.15, -0.1) is 0 Å². The summed E-state index contributed by atoms with van der Waals surface area (Å²) < 4.78 is 5.52. The van der Waals surface area contributed by atoms with Crippen LogP contribution in [0.25, 0.3) is 0 Å². The summed E-state index contributed by atoms with van der Waals surface area (Å²) in [6.45, 7) is 6.93. The summed E-state index contributed by atoms with van der Waals surface area (Å²) in [5.74, 6) is 2.02. The van der Waals surface area contributed by atoms with E-state index in [1.54, 1.807) is 7.11 Å². The van der Waals surface area contributed by atoms with E-state index in [4.69, 9.17) is 15.5 Å². The SMILES string of the molecule is CCCCC1=CC(N2CCC[C@@H](N)C2)=NCN1c1ccc(C)c(OC)c1. The average Bonchev–Trinajstić information content (AvgIpc) is 2.66. The van der Waals surface area contributed by atoms with E-state index in [1.807, 2.05) is 0 Å². The first kappa shape index (κ1) is 18.8. The first-order chi connectivity index (χ1) is 12.6. The number of aryl methyl sites for hydroxylation is 1. The molecule has 2 aliphatic rings. The monoisotopic (exact) mass is 356 g/mol. The molecule has 5 heteroatoms. The highest BCUT2D eigenvalue weighted by molar-refractivity contribution is 5.95. The number of allylic oxidation sites excluding steroid dienone is 1. The maximum absolute atomic E-state index is 6.17. The van der Waals surface area contributed by atoms with E-state index in [-0.39, 0.29) is 6.04 Å². The molecule has 2 aliphatic heterocycles. The van der Waals surface area contributed by atoms with E-state index < -0.39 is 0 Å². The van der Waals surface area contributed by atoms with Crippen LogP contribution in [0.2, 0.25) is 0 Å². The Labute approximate surface area is 157 Å². The van der Waals surface area contributed by atoms with Gasteiger partial charge in [0.25, 0.3) is 0 Å². The molecule has 1 aromatic rings. The number of nitrogens with zero attached hydrogens (tertiary/aromatic N) is 3. The Hall–Kier alpha value is -2.01. The van der Waals surface area contributed by atoms with E-state index in [2.05, 4.69) is 47.9 Å². The number of nitrogens with two attached hydrogens (primary N) is 1. The molecule has 0 spiro atoms. The largest absolute Gasteiger partial charge is 0.496 e. The van der Waals surface area contributed by atoms with Crippen LogP contribution in [0.15, 0.2) is 35.0 Å². The van der Waals surface area contributed by atoms with Crippen LogP contribution in [0.4, 0.5) is 5.69 Å². The van der Waals surface area contributed by atoms with Crippen molar-refractivity contribution in [3.05, 3.63) is 35.5 Å². The Bertz CT molecular complexity index is 683. The van der Waals surface area contributed by atoms with Gasteiger partial charge in [-0.2, -0.15) is 0 Å². The van der Waals surface area contributed by atoms with Gasteiger partial charge in [-0.05, 0) is 50.3 Å². The van der Waals surface area contributed by atoms with Gasteiger partial charge in [-0.1, -0.05) is 19.4 Å². The number of methoxy groups -OCH3 is 1. The van der Waals surface area contributed by atoms with Gasteiger partial charge in [-0.25, -0.2) is 4.99 Å². The summed E-state index contributed by atoms with van der Waals surface area (Å²) in [6, 6.07) is 6.66. The van der Waals surface area contributed by atoms with Crippen molar-refractivity contribution >= 4 is 11.5 Å². The lowest BCUT2D eigenvalue weighted by Crippen LogP contribution is -2.46. The molecule has 1 atom stereocenters. The van der Waals surface area contributed by atoms with Crippen LogP contribution >= 0.6 is 0 Å². The van der Waals surface area contributed by atoms with Gasteiger partial charge in [0.15, 0.2) is 0 Å². The zero-order valence-corrected chi connectivity index (χ0v) is 16.4. The molecule has 0 bridgehead atoms. The smallest absolute Gasteiger partial charge is 0.127 e. The van der Waals surface area contributed by atoms with Crippen LogP contribution in [0, 0.1) is 6.92 Å². The fraction of sp³-hybridized carbons (Fsp3) is 0.571. The molecule has 2 N–H and O–H groups in total. The predicted molar refractivity (Wildman–Crippen MR) is 109 cm³/mol. The summed E-state index contributed by atoms with van der Waals surface area (Å²) in [5, 5.41) is 0. The summed E-state index contributed by atoms with van der Waals surface area (Å²) >= 11 is 0. The van der Waals surface area contributed by atoms with Crippen molar-refractivity contribution in [2.75, 3.05) is 31.8 Å². The highest BCUT2D eigenvalue weighted by Crippen LogP contribution is 2.30.